The molecule has 0 amide bonds. The standard InChI is InChI=1S/C24H34O2SSi/c1-24(2,3)28(22-11-7-5-8-12-22,23-13-9-6-10-14-23)26-21-17-15-20(16-18-21)19-27(4)25/h5-14,20-21H,15-19H2,1-4H3/t20-,21+,27?. The quantitative estimate of drug-likeness (QED) is 0.515. The Bertz CT molecular complexity index is 680. The Morgan fingerprint density at radius 3 is 1.75 bits per heavy atom. The van der Waals surface area contributed by atoms with Crippen LogP contribution in [0.3, 0.4) is 0 Å². The summed E-state index contributed by atoms with van der Waals surface area (Å²) in [5.41, 5.74) is 0. The number of hydrogen-bond acceptors (Lipinski definition) is 2. The molecule has 0 aliphatic heterocycles. The van der Waals surface area contributed by atoms with Crippen molar-refractivity contribution in [1.29, 1.82) is 0 Å². The van der Waals surface area contributed by atoms with Gasteiger partial charge in [0.15, 0.2) is 0 Å². The van der Waals surface area contributed by atoms with Crippen molar-refractivity contribution in [2.45, 2.75) is 57.6 Å². The lowest BCUT2D eigenvalue weighted by Gasteiger charge is -2.46. The number of benzene rings is 2. The topological polar surface area (TPSA) is 32.3 Å². The fraction of sp³-hybridized carbons (Fsp3) is 0.500. The second-order valence-electron chi connectivity index (χ2n) is 9.16. The van der Waals surface area contributed by atoms with Gasteiger partial charge in [-0.15, -0.1) is 0 Å². The van der Waals surface area contributed by atoms with Crippen molar-refractivity contribution in [3.8, 4) is 0 Å². The van der Waals surface area contributed by atoms with Crippen LogP contribution in [0.4, 0.5) is 0 Å². The van der Waals surface area contributed by atoms with E-state index in [1.165, 1.54) is 10.4 Å². The molecule has 0 aromatic heterocycles. The van der Waals surface area contributed by atoms with Gasteiger partial charge in [-0.1, -0.05) is 92.6 Å². The Morgan fingerprint density at radius 2 is 1.36 bits per heavy atom. The first-order valence-electron chi connectivity index (χ1n) is 10.4. The Morgan fingerprint density at radius 1 is 0.893 bits per heavy atom. The highest BCUT2D eigenvalue weighted by atomic mass is 32.2. The molecule has 1 aliphatic carbocycles. The molecular weight excluding hydrogens is 380 g/mol. The fourth-order valence-electron chi connectivity index (χ4n) is 4.69. The van der Waals surface area contributed by atoms with E-state index in [1.807, 2.05) is 6.26 Å². The first-order valence-corrected chi connectivity index (χ1v) is 14.1. The largest absolute Gasteiger partial charge is 0.617 e. The van der Waals surface area contributed by atoms with E-state index in [2.05, 4.69) is 81.4 Å². The minimum atomic E-state index is -2.45. The van der Waals surface area contributed by atoms with E-state index in [0.29, 0.717) is 5.92 Å². The fourth-order valence-corrected chi connectivity index (χ4v) is 10.4. The predicted octanol–water partition coefficient (Wildman–Crippen LogP) is 4.50. The van der Waals surface area contributed by atoms with Crippen molar-refractivity contribution < 1.29 is 8.98 Å². The zero-order valence-electron chi connectivity index (χ0n) is 17.7. The van der Waals surface area contributed by atoms with Crippen molar-refractivity contribution in [3.05, 3.63) is 60.7 Å². The third kappa shape index (κ3) is 4.73. The molecule has 2 aromatic rings. The van der Waals surface area contributed by atoms with Gasteiger partial charge < -0.3 is 8.98 Å². The van der Waals surface area contributed by atoms with E-state index < -0.39 is 19.5 Å². The highest BCUT2D eigenvalue weighted by Crippen LogP contribution is 2.39. The summed E-state index contributed by atoms with van der Waals surface area (Å²) in [7, 11) is -2.45. The van der Waals surface area contributed by atoms with E-state index in [0.717, 1.165) is 31.4 Å². The predicted molar refractivity (Wildman–Crippen MR) is 123 cm³/mol. The minimum Gasteiger partial charge on any atom is -0.617 e. The van der Waals surface area contributed by atoms with Crippen LogP contribution in [-0.2, 0) is 15.6 Å². The van der Waals surface area contributed by atoms with Crippen molar-refractivity contribution >= 4 is 29.9 Å². The van der Waals surface area contributed by atoms with Gasteiger partial charge in [-0.05, 0) is 41.1 Å². The summed E-state index contributed by atoms with van der Waals surface area (Å²) in [6.07, 6.45) is 6.52. The molecule has 0 heterocycles. The molecule has 2 aromatic carbocycles. The second kappa shape index (κ2) is 9.16. The maximum absolute atomic E-state index is 11.6. The summed E-state index contributed by atoms with van der Waals surface area (Å²) >= 11 is -0.699. The van der Waals surface area contributed by atoms with Crippen LogP contribution in [0, 0.1) is 5.92 Å². The normalized spacial score (nSPS) is 22.0. The molecular formula is C24H34O2SSi. The third-order valence-corrected chi connectivity index (χ3v) is 12.1. The molecule has 0 radical (unpaired) electrons. The van der Waals surface area contributed by atoms with Gasteiger partial charge in [-0.3, -0.25) is 0 Å². The first-order chi connectivity index (χ1) is 13.3. The zero-order chi connectivity index (χ0) is 20.2. The van der Waals surface area contributed by atoms with Crippen molar-refractivity contribution in [1.82, 2.24) is 0 Å². The molecule has 0 spiro atoms. The average Bonchev–Trinajstić information content (AvgIpc) is 2.67. The average molecular weight is 415 g/mol. The van der Waals surface area contributed by atoms with Crippen LogP contribution < -0.4 is 10.4 Å². The van der Waals surface area contributed by atoms with Crippen LogP contribution >= 0.6 is 0 Å². The molecule has 1 atom stereocenters. The molecule has 4 heteroatoms. The maximum atomic E-state index is 11.6. The molecule has 2 nitrogen and oxygen atoms in total. The van der Waals surface area contributed by atoms with Gasteiger partial charge in [0.05, 0.1) is 6.26 Å². The van der Waals surface area contributed by atoms with Crippen molar-refractivity contribution in [2.24, 2.45) is 5.92 Å². The smallest absolute Gasteiger partial charge is 0.261 e. The Balaban J connectivity index is 1.94. The summed E-state index contributed by atoms with van der Waals surface area (Å²) in [4.78, 5) is 0. The summed E-state index contributed by atoms with van der Waals surface area (Å²) in [6, 6.07) is 21.8. The van der Waals surface area contributed by atoms with Crippen LogP contribution in [0.25, 0.3) is 0 Å². The van der Waals surface area contributed by atoms with Gasteiger partial charge in [0.1, 0.15) is 5.75 Å². The molecule has 3 rings (SSSR count). The molecule has 28 heavy (non-hydrogen) atoms. The Kier molecular flexibility index (Phi) is 7.08. The summed E-state index contributed by atoms with van der Waals surface area (Å²) in [6.45, 7) is 7.02. The van der Waals surface area contributed by atoms with Gasteiger partial charge in [0.2, 0.25) is 0 Å². The van der Waals surface area contributed by atoms with E-state index in [9.17, 15) is 4.55 Å². The lowest BCUT2D eigenvalue weighted by Crippen LogP contribution is -2.67. The second-order valence-corrected chi connectivity index (χ2v) is 14.9. The number of hydrogen-bond donors (Lipinski definition) is 0. The summed E-state index contributed by atoms with van der Waals surface area (Å²) < 4.78 is 18.8. The van der Waals surface area contributed by atoms with Crippen molar-refractivity contribution in [2.75, 3.05) is 12.0 Å². The van der Waals surface area contributed by atoms with E-state index in [1.54, 1.807) is 0 Å². The third-order valence-electron chi connectivity index (χ3n) is 6.02. The van der Waals surface area contributed by atoms with Gasteiger partial charge in [-0.2, -0.15) is 0 Å². The van der Waals surface area contributed by atoms with Gasteiger partial charge in [0.25, 0.3) is 8.32 Å². The molecule has 1 aliphatic rings. The highest BCUT2D eigenvalue weighted by molar-refractivity contribution is 7.90. The van der Waals surface area contributed by atoms with Crippen LogP contribution in [0.2, 0.25) is 5.04 Å². The van der Waals surface area contributed by atoms with Gasteiger partial charge in [-0.25, -0.2) is 0 Å². The first kappa shape index (κ1) is 21.6. The molecule has 1 fully saturated rings. The molecule has 1 saturated carbocycles. The van der Waals surface area contributed by atoms with E-state index in [-0.39, 0.29) is 11.1 Å². The monoisotopic (exact) mass is 414 g/mol. The molecule has 0 N–H and O–H groups in total. The minimum absolute atomic E-state index is 0.0253. The summed E-state index contributed by atoms with van der Waals surface area (Å²) in [5.74, 6) is 1.43. The van der Waals surface area contributed by atoms with E-state index in [4.69, 9.17) is 4.43 Å². The molecule has 0 bridgehead atoms. The summed E-state index contributed by atoms with van der Waals surface area (Å²) in [5, 5.41) is 2.73. The Labute approximate surface area is 175 Å². The van der Waals surface area contributed by atoms with Gasteiger partial charge in [0, 0.05) is 12.0 Å². The maximum Gasteiger partial charge on any atom is 0.261 e. The van der Waals surface area contributed by atoms with Gasteiger partial charge >= 0.3 is 0 Å². The Hall–Kier alpha value is -1.07. The lowest BCUT2D eigenvalue weighted by atomic mass is 9.89. The van der Waals surface area contributed by atoms with Crippen LogP contribution in [-0.4, -0.2) is 31.0 Å². The lowest BCUT2D eigenvalue weighted by molar-refractivity contribution is 0.126. The van der Waals surface area contributed by atoms with Crippen LogP contribution in [0.5, 0.6) is 0 Å². The zero-order valence-corrected chi connectivity index (χ0v) is 19.5. The molecule has 0 saturated heterocycles. The van der Waals surface area contributed by atoms with Crippen molar-refractivity contribution in [3.63, 3.8) is 0 Å². The number of rotatable bonds is 6. The SMILES string of the molecule is C[S+]([O-])C[C@H]1CC[C@@H](O[Si](c2ccccc2)(c2ccccc2)C(C)(C)C)CC1. The highest BCUT2D eigenvalue weighted by Gasteiger charge is 2.51. The van der Waals surface area contributed by atoms with Crippen LogP contribution in [0.1, 0.15) is 46.5 Å². The molecule has 1 unspecified atom stereocenters. The van der Waals surface area contributed by atoms with Crippen LogP contribution in [0.15, 0.2) is 60.7 Å². The molecule has 152 valence electrons. The van der Waals surface area contributed by atoms with E-state index >= 15 is 0 Å².